The summed E-state index contributed by atoms with van der Waals surface area (Å²) in [5.74, 6) is 0.406. The van der Waals surface area contributed by atoms with E-state index in [0.717, 1.165) is 54.9 Å². The van der Waals surface area contributed by atoms with Crippen LogP contribution in [0.4, 0.5) is 0 Å². The number of phenolic OH excluding ortho intramolecular Hbond substituents is 1. The molecule has 3 aromatic carbocycles. The summed E-state index contributed by atoms with van der Waals surface area (Å²) < 4.78 is 0. The van der Waals surface area contributed by atoms with E-state index in [2.05, 4.69) is 119 Å². The third kappa shape index (κ3) is 12.2. The van der Waals surface area contributed by atoms with Gasteiger partial charge in [-0.15, -0.1) is 0 Å². The number of aryl methyl sites for hydroxylation is 3. The Morgan fingerprint density at radius 2 is 0.941 bits per heavy atom. The lowest BCUT2D eigenvalue weighted by Crippen LogP contribution is -2.25. The van der Waals surface area contributed by atoms with Crippen LogP contribution in [0.25, 0.3) is 0 Å². The third-order valence-corrected chi connectivity index (χ3v) is 9.84. The summed E-state index contributed by atoms with van der Waals surface area (Å²) in [5, 5.41) is 12.1. The molecule has 5 rings (SSSR count). The molecule has 5 aromatic rings. The number of aromatic nitrogens is 2. The molecule has 0 aliphatic heterocycles. The summed E-state index contributed by atoms with van der Waals surface area (Å²) in [6.45, 7) is 10.9. The van der Waals surface area contributed by atoms with Crippen LogP contribution in [0.15, 0.2) is 109 Å². The number of hydrogen-bond acceptors (Lipinski definition) is 5. The van der Waals surface area contributed by atoms with Gasteiger partial charge in [0, 0.05) is 62.8 Å². The largest absolute Gasteiger partial charge is 0.507 e. The monoisotopic (exact) mass is 682 g/mol. The van der Waals surface area contributed by atoms with Crippen LogP contribution in [0.2, 0.25) is 0 Å². The second-order valence-electron chi connectivity index (χ2n) is 14.0. The first-order valence-electron chi connectivity index (χ1n) is 19.3. The molecule has 0 saturated carbocycles. The predicted molar refractivity (Wildman–Crippen MR) is 211 cm³/mol. The molecule has 0 bridgehead atoms. The van der Waals surface area contributed by atoms with Crippen molar-refractivity contribution in [3.8, 4) is 5.75 Å². The quantitative estimate of drug-likeness (QED) is 0.0781. The van der Waals surface area contributed by atoms with E-state index in [9.17, 15) is 5.11 Å². The molecule has 51 heavy (non-hydrogen) atoms. The smallest absolute Gasteiger partial charge is 0.124 e. The van der Waals surface area contributed by atoms with Crippen LogP contribution in [0.5, 0.6) is 5.75 Å². The van der Waals surface area contributed by atoms with E-state index in [4.69, 9.17) is 0 Å². The van der Waals surface area contributed by atoms with Gasteiger partial charge in [-0.25, -0.2) is 0 Å². The van der Waals surface area contributed by atoms with Crippen LogP contribution in [0.3, 0.4) is 0 Å². The summed E-state index contributed by atoms with van der Waals surface area (Å²) in [6, 6.07) is 34.8. The van der Waals surface area contributed by atoms with Crippen molar-refractivity contribution in [2.75, 3.05) is 0 Å². The number of phenols is 1. The molecule has 0 atom stereocenters. The Morgan fingerprint density at radius 3 is 1.39 bits per heavy atom. The van der Waals surface area contributed by atoms with Gasteiger partial charge in [-0.05, 0) is 84.2 Å². The first-order valence-corrected chi connectivity index (χ1v) is 19.3. The van der Waals surface area contributed by atoms with Gasteiger partial charge in [0.15, 0.2) is 0 Å². The van der Waals surface area contributed by atoms with Gasteiger partial charge in [0.1, 0.15) is 5.75 Å². The minimum Gasteiger partial charge on any atom is -0.507 e. The zero-order valence-corrected chi connectivity index (χ0v) is 31.2. The number of benzene rings is 3. The molecule has 0 amide bonds. The van der Waals surface area contributed by atoms with Crippen LogP contribution < -0.4 is 0 Å². The van der Waals surface area contributed by atoms with Crippen molar-refractivity contribution in [1.82, 2.24) is 19.8 Å². The van der Waals surface area contributed by atoms with E-state index in [-0.39, 0.29) is 0 Å². The highest BCUT2D eigenvalue weighted by Crippen LogP contribution is 2.31. The summed E-state index contributed by atoms with van der Waals surface area (Å²) in [4.78, 5) is 14.1. The Morgan fingerprint density at radius 1 is 0.471 bits per heavy atom. The molecular weight excluding hydrogens is 625 g/mol. The van der Waals surface area contributed by atoms with Gasteiger partial charge in [-0.1, -0.05) is 119 Å². The average Bonchev–Trinajstić information content (AvgIpc) is 3.16. The predicted octanol–water partition coefficient (Wildman–Crippen LogP) is 10.6. The van der Waals surface area contributed by atoms with Crippen molar-refractivity contribution in [3.05, 3.63) is 160 Å². The number of hydrogen-bond donors (Lipinski definition) is 1. The van der Waals surface area contributed by atoms with Crippen LogP contribution in [0, 0.1) is 0 Å². The van der Waals surface area contributed by atoms with Crippen molar-refractivity contribution in [1.29, 1.82) is 0 Å². The van der Waals surface area contributed by atoms with Gasteiger partial charge in [-0.3, -0.25) is 19.8 Å². The Labute approximate surface area is 307 Å². The molecule has 0 spiro atoms. The number of pyridine rings is 2. The van der Waals surface area contributed by atoms with Crippen LogP contribution >= 0.6 is 0 Å². The Hall–Kier alpha value is -4.32. The standard InChI is InChI=1S/C46H58N4O/c1-4-7-9-15-37-19-23-39(24-20-37)31-49(34-43-17-11-13-29-47-43)33-42-28-27-41(6-3)45(46(42)51)36-50(35-44-18-12-14-30-48-44)32-40-25-21-38(22-26-40)16-10-8-5-2/h11-14,17-30,51H,4-10,15-16,31-36H2,1-3H3. The van der Waals surface area contributed by atoms with Gasteiger partial charge >= 0.3 is 0 Å². The fourth-order valence-electron chi connectivity index (χ4n) is 6.90. The topological polar surface area (TPSA) is 52.5 Å². The molecule has 5 heteroatoms. The Bertz CT molecular complexity index is 1710. The summed E-state index contributed by atoms with van der Waals surface area (Å²) in [7, 11) is 0. The second-order valence-corrected chi connectivity index (χ2v) is 14.0. The van der Waals surface area contributed by atoms with Gasteiger partial charge in [0.05, 0.1) is 11.4 Å². The van der Waals surface area contributed by atoms with Crippen LogP contribution in [-0.2, 0) is 58.5 Å². The van der Waals surface area contributed by atoms with Gasteiger partial charge < -0.3 is 5.11 Å². The maximum Gasteiger partial charge on any atom is 0.124 e. The summed E-state index contributed by atoms with van der Waals surface area (Å²) in [6.07, 6.45) is 14.4. The SMILES string of the molecule is CCCCCc1ccc(CN(Cc2ccccn2)Cc2ccc(CC)c(CN(Cc3ccc(CCCCC)cc3)Cc3ccccn3)c2O)cc1. The molecule has 0 fully saturated rings. The molecule has 1 N–H and O–H groups in total. The molecule has 0 radical (unpaired) electrons. The molecular formula is C46H58N4O. The Balaban J connectivity index is 1.38. The zero-order valence-electron chi connectivity index (χ0n) is 31.2. The highest BCUT2D eigenvalue weighted by atomic mass is 16.3. The number of aromatic hydroxyl groups is 1. The van der Waals surface area contributed by atoms with Crippen molar-refractivity contribution in [2.24, 2.45) is 0 Å². The van der Waals surface area contributed by atoms with E-state index >= 15 is 0 Å². The lowest BCUT2D eigenvalue weighted by molar-refractivity contribution is 0.233. The molecule has 0 aliphatic rings. The highest BCUT2D eigenvalue weighted by molar-refractivity contribution is 5.46. The third-order valence-electron chi connectivity index (χ3n) is 9.84. The van der Waals surface area contributed by atoms with Crippen molar-refractivity contribution >= 4 is 0 Å². The molecule has 0 unspecified atom stereocenters. The zero-order chi connectivity index (χ0) is 35.7. The average molecular weight is 683 g/mol. The van der Waals surface area contributed by atoms with Crippen LogP contribution in [-0.4, -0.2) is 24.9 Å². The normalized spacial score (nSPS) is 11.5. The molecule has 0 saturated heterocycles. The van der Waals surface area contributed by atoms with E-state index in [1.807, 2.05) is 30.6 Å². The maximum atomic E-state index is 12.1. The van der Waals surface area contributed by atoms with E-state index in [0.29, 0.717) is 31.9 Å². The number of unbranched alkanes of at least 4 members (excludes halogenated alkanes) is 4. The first kappa shape index (κ1) is 37.9. The minimum absolute atomic E-state index is 0.406. The maximum absolute atomic E-state index is 12.1. The lowest BCUT2D eigenvalue weighted by atomic mass is 9.98. The van der Waals surface area contributed by atoms with Crippen LogP contribution in [0.1, 0.15) is 110 Å². The lowest BCUT2D eigenvalue weighted by Gasteiger charge is -2.27. The van der Waals surface area contributed by atoms with Gasteiger partial charge in [0.25, 0.3) is 0 Å². The van der Waals surface area contributed by atoms with E-state index in [1.54, 1.807) is 0 Å². The van der Waals surface area contributed by atoms with Crippen molar-refractivity contribution in [3.63, 3.8) is 0 Å². The number of rotatable bonds is 21. The Kier molecular flexibility index (Phi) is 15.3. The molecule has 2 heterocycles. The fourth-order valence-corrected chi connectivity index (χ4v) is 6.90. The van der Waals surface area contributed by atoms with Gasteiger partial charge in [-0.2, -0.15) is 0 Å². The van der Waals surface area contributed by atoms with Crippen molar-refractivity contribution in [2.45, 2.75) is 118 Å². The summed E-state index contributed by atoms with van der Waals surface area (Å²) >= 11 is 0. The summed E-state index contributed by atoms with van der Waals surface area (Å²) in [5.41, 5.74) is 10.5. The minimum atomic E-state index is 0.406. The van der Waals surface area contributed by atoms with Gasteiger partial charge in [0.2, 0.25) is 0 Å². The first-order chi connectivity index (χ1) is 25.0. The highest BCUT2D eigenvalue weighted by Gasteiger charge is 2.19. The van der Waals surface area contributed by atoms with E-state index in [1.165, 1.54) is 66.3 Å². The molecule has 268 valence electrons. The second kappa shape index (κ2) is 20.5. The van der Waals surface area contributed by atoms with E-state index < -0.39 is 0 Å². The fraction of sp³-hybridized carbons (Fsp3) is 0.391. The number of nitrogens with zero attached hydrogens (tertiary/aromatic N) is 4. The molecule has 2 aromatic heterocycles. The molecule has 5 nitrogen and oxygen atoms in total. The molecule has 0 aliphatic carbocycles. The van der Waals surface area contributed by atoms with Crippen molar-refractivity contribution < 1.29 is 5.11 Å².